The number of ether oxygens (including phenoxy) is 1. The summed E-state index contributed by atoms with van der Waals surface area (Å²) < 4.78 is 6.53. The molecule has 1 aromatic heterocycles. The van der Waals surface area contributed by atoms with Gasteiger partial charge in [0.2, 0.25) is 11.8 Å². The number of rotatable bonds is 8. The first-order valence-corrected chi connectivity index (χ1v) is 12.5. The molecule has 0 radical (unpaired) electrons. The van der Waals surface area contributed by atoms with Gasteiger partial charge in [0, 0.05) is 33.7 Å². The lowest BCUT2D eigenvalue weighted by atomic mass is 10.1. The zero-order valence-electron chi connectivity index (χ0n) is 18.5. The van der Waals surface area contributed by atoms with E-state index in [-0.39, 0.29) is 36.7 Å². The predicted octanol–water partition coefficient (Wildman–Crippen LogP) is 4.51. The molecule has 2 heterocycles. The summed E-state index contributed by atoms with van der Waals surface area (Å²) >= 11 is 4.98. The van der Waals surface area contributed by atoms with E-state index in [0.29, 0.717) is 24.5 Å². The van der Waals surface area contributed by atoms with Crippen molar-refractivity contribution >= 4 is 56.4 Å². The molecule has 0 aliphatic carbocycles. The van der Waals surface area contributed by atoms with E-state index in [1.165, 1.54) is 0 Å². The number of aryl methyl sites for hydroxylation is 1. The smallest absolute Gasteiger partial charge is 0.262 e. The van der Waals surface area contributed by atoms with Crippen LogP contribution in [0.15, 0.2) is 64.5 Å². The average molecular weight is 542 g/mol. The van der Waals surface area contributed by atoms with Crippen molar-refractivity contribution in [2.75, 3.05) is 23.4 Å². The minimum atomic E-state index is -0.380. The van der Waals surface area contributed by atoms with Gasteiger partial charge >= 0.3 is 0 Å². The number of hydrogen-bond acceptors (Lipinski definition) is 5. The predicted molar refractivity (Wildman–Crippen MR) is 136 cm³/mol. The van der Waals surface area contributed by atoms with Gasteiger partial charge in [-0.3, -0.25) is 14.4 Å². The molecule has 1 aliphatic heterocycles. The second-order valence-electron chi connectivity index (χ2n) is 7.99. The van der Waals surface area contributed by atoms with Crippen LogP contribution in [0.25, 0.3) is 0 Å². The van der Waals surface area contributed by atoms with Crippen LogP contribution in [0.2, 0.25) is 0 Å². The number of nitrogens with one attached hydrogen (secondary N) is 2. The van der Waals surface area contributed by atoms with Crippen LogP contribution < -0.4 is 20.3 Å². The third kappa shape index (κ3) is 6.03. The minimum absolute atomic E-state index is 0.0887. The highest BCUT2D eigenvalue weighted by atomic mass is 79.9. The molecule has 1 atom stereocenters. The molecule has 7 nitrogen and oxygen atoms in total. The highest BCUT2D eigenvalue weighted by Gasteiger charge is 2.35. The van der Waals surface area contributed by atoms with Gasteiger partial charge in [0.15, 0.2) is 6.61 Å². The van der Waals surface area contributed by atoms with Crippen molar-refractivity contribution in [2.45, 2.75) is 19.9 Å². The molecule has 1 saturated heterocycles. The van der Waals surface area contributed by atoms with E-state index >= 15 is 0 Å². The summed E-state index contributed by atoms with van der Waals surface area (Å²) in [6.07, 6.45) is 0.185. The van der Waals surface area contributed by atoms with Crippen LogP contribution in [0.1, 0.15) is 16.9 Å². The fraction of sp³-hybridized carbons (Fsp3) is 0.240. The van der Waals surface area contributed by atoms with Crippen molar-refractivity contribution < 1.29 is 19.1 Å². The number of anilines is 2. The van der Waals surface area contributed by atoms with Gasteiger partial charge in [-0.25, -0.2) is 0 Å². The van der Waals surface area contributed by atoms with E-state index in [2.05, 4.69) is 26.6 Å². The molecule has 2 aromatic carbocycles. The first-order valence-electron chi connectivity index (χ1n) is 10.8. The largest absolute Gasteiger partial charge is 0.484 e. The normalized spacial score (nSPS) is 15.3. The molecule has 0 unspecified atom stereocenters. The number of hydrogen-bond donors (Lipinski definition) is 2. The van der Waals surface area contributed by atoms with Crippen LogP contribution in [0.3, 0.4) is 0 Å². The fourth-order valence-electron chi connectivity index (χ4n) is 3.69. The van der Waals surface area contributed by atoms with Crippen LogP contribution in [0, 0.1) is 12.8 Å². The summed E-state index contributed by atoms with van der Waals surface area (Å²) in [5.41, 5.74) is 2.37. The van der Waals surface area contributed by atoms with Crippen LogP contribution in [-0.2, 0) is 20.9 Å². The molecule has 2 N–H and O–H groups in total. The zero-order valence-corrected chi connectivity index (χ0v) is 20.9. The van der Waals surface area contributed by atoms with Gasteiger partial charge < -0.3 is 20.3 Å². The third-order valence-corrected chi connectivity index (χ3v) is 6.86. The summed E-state index contributed by atoms with van der Waals surface area (Å²) in [6.45, 7) is 2.59. The maximum atomic E-state index is 12.5. The standard InChI is InChI=1S/C25H24BrN3O4S/c1-16-11-18(26)4-9-22(16)28-23(30)15-33-20-7-5-19(6-8-20)29-14-17(12-24(29)31)25(32)27-13-21-3-2-10-34-21/h2-11,17H,12-15H2,1H3,(H,27,32)(H,28,30)/t17-/m1/s1. The Kier molecular flexibility index (Phi) is 7.64. The topological polar surface area (TPSA) is 87.7 Å². The molecule has 1 aliphatic rings. The molecule has 4 rings (SSSR count). The van der Waals surface area contributed by atoms with Crippen LogP contribution in [0.5, 0.6) is 5.75 Å². The first-order chi connectivity index (χ1) is 16.4. The number of benzene rings is 2. The van der Waals surface area contributed by atoms with Crippen molar-refractivity contribution in [3.63, 3.8) is 0 Å². The third-order valence-electron chi connectivity index (χ3n) is 5.49. The summed E-state index contributed by atoms with van der Waals surface area (Å²) in [5, 5.41) is 7.70. The number of halogens is 1. The van der Waals surface area contributed by atoms with Crippen molar-refractivity contribution in [1.82, 2.24) is 5.32 Å². The average Bonchev–Trinajstić information content (AvgIpc) is 3.48. The molecule has 176 valence electrons. The van der Waals surface area contributed by atoms with E-state index < -0.39 is 0 Å². The second-order valence-corrected chi connectivity index (χ2v) is 9.94. The van der Waals surface area contributed by atoms with E-state index in [0.717, 1.165) is 20.6 Å². The van der Waals surface area contributed by atoms with Crippen molar-refractivity contribution in [3.05, 3.63) is 74.9 Å². The van der Waals surface area contributed by atoms with Crippen LogP contribution in [0.4, 0.5) is 11.4 Å². The quantitative estimate of drug-likeness (QED) is 0.439. The Hall–Kier alpha value is -3.17. The number of amides is 3. The van der Waals surface area contributed by atoms with E-state index in [1.54, 1.807) is 40.5 Å². The van der Waals surface area contributed by atoms with Gasteiger partial charge in [0.25, 0.3) is 5.91 Å². The van der Waals surface area contributed by atoms with E-state index in [4.69, 9.17) is 4.74 Å². The highest BCUT2D eigenvalue weighted by molar-refractivity contribution is 9.10. The minimum Gasteiger partial charge on any atom is -0.484 e. The van der Waals surface area contributed by atoms with Crippen molar-refractivity contribution in [1.29, 1.82) is 0 Å². The molecule has 0 saturated carbocycles. The van der Waals surface area contributed by atoms with Gasteiger partial charge in [-0.15, -0.1) is 11.3 Å². The van der Waals surface area contributed by atoms with E-state index in [1.807, 2.05) is 42.6 Å². The Morgan fingerprint density at radius 1 is 1.18 bits per heavy atom. The molecular weight excluding hydrogens is 518 g/mol. The molecular formula is C25H24BrN3O4S. The highest BCUT2D eigenvalue weighted by Crippen LogP contribution is 2.27. The summed E-state index contributed by atoms with van der Waals surface area (Å²) in [7, 11) is 0. The van der Waals surface area contributed by atoms with Gasteiger partial charge in [-0.1, -0.05) is 22.0 Å². The Bertz CT molecular complexity index is 1180. The zero-order chi connectivity index (χ0) is 24.1. The summed E-state index contributed by atoms with van der Waals surface area (Å²) in [6, 6.07) is 16.5. The first kappa shape index (κ1) is 24.0. The Labute approximate surface area is 210 Å². The van der Waals surface area contributed by atoms with E-state index in [9.17, 15) is 14.4 Å². The molecule has 3 amide bonds. The lowest BCUT2D eigenvalue weighted by Gasteiger charge is -2.17. The van der Waals surface area contributed by atoms with Gasteiger partial charge in [0.1, 0.15) is 5.75 Å². The molecule has 9 heteroatoms. The SMILES string of the molecule is Cc1cc(Br)ccc1NC(=O)COc1ccc(N2C[C@H](C(=O)NCc3cccs3)CC2=O)cc1. The van der Waals surface area contributed by atoms with Gasteiger partial charge in [-0.05, 0) is 66.4 Å². The monoisotopic (exact) mass is 541 g/mol. The molecule has 1 fully saturated rings. The summed E-state index contributed by atoms with van der Waals surface area (Å²) in [4.78, 5) is 39.9. The van der Waals surface area contributed by atoms with Crippen LogP contribution >= 0.6 is 27.3 Å². The number of thiophene rings is 1. The summed E-state index contributed by atoms with van der Waals surface area (Å²) in [5.74, 6) is -0.330. The van der Waals surface area contributed by atoms with Gasteiger partial charge in [-0.2, -0.15) is 0 Å². The molecule has 3 aromatic rings. The Morgan fingerprint density at radius 3 is 2.68 bits per heavy atom. The van der Waals surface area contributed by atoms with Crippen molar-refractivity contribution in [3.8, 4) is 5.75 Å². The number of carbonyl (C=O) groups excluding carboxylic acids is 3. The maximum Gasteiger partial charge on any atom is 0.262 e. The van der Waals surface area contributed by atoms with Crippen LogP contribution in [-0.4, -0.2) is 30.9 Å². The van der Waals surface area contributed by atoms with Crippen molar-refractivity contribution in [2.24, 2.45) is 5.92 Å². The maximum absolute atomic E-state index is 12.5. The van der Waals surface area contributed by atoms with Gasteiger partial charge in [0.05, 0.1) is 12.5 Å². The lowest BCUT2D eigenvalue weighted by Crippen LogP contribution is -2.32. The molecule has 34 heavy (non-hydrogen) atoms. The second kappa shape index (κ2) is 10.8. The number of nitrogens with zero attached hydrogens (tertiary/aromatic N) is 1. The molecule has 0 spiro atoms. The Balaban J connectivity index is 1.27. The fourth-order valence-corrected chi connectivity index (χ4v) is 4.81. The number of carbonyl (C=O) groups is 3. The molecule has 0 bridgehead atoms. The lowest BCUT2D eigenvalue weighted by molar-refractivity contribution is -0.126. The Morgan fingerprint density at radius 2 is 1.97 bits per heavy atom.